The van der Waals surface area contributed by atoms with Crippen molar-refractivity contribution in [2.45, 2.75) is 31.6 Å². The molecule has 0 aliphatic heterocycles. The van der Waals surface area contributed by atoms with E-state index in [2.05, 4.69) is 0 Å². The first-order chi connectivity index (χ1) is 8.59. The van der Waals surface area contributed by atoms with E-state index < -0.39 is 23.3 Å². The minimum absolute atomic E-state index is 0.206. The highest BCUT2D eigenvalue weighted by Gasteiger charge is 2.54. The van der Waals surface area contributed by atoms with E-state index in [0.717, 1.165) is 12.0 Å². The van der Waals surface area contributed by atoms with Gasteiger partial charge in [-0.2, -0.15) is 0 Å². The Hall–Kier alpha value is -1.84. The average Bonchev–Trinajstić information content (AvgIpc) is 2.39. The zero-order chi connectivity index (χ0) is 13.2. The summed E-state index contributed by atoms with van der Waals surface area (Å²) in [6.07, 6.45) is 2.35. The Balaban J connectivity index is 2.48. The van der Waals surface area contributed by atoms with E-state index in [1.54, 1.807) is 0 Å². The summed E-state index contributed by atoms with van der Waals surface area (Å²) in [7, 11) is 0. The molecule has 0 aromatic heterocycles. The maximum atomic E-state index is 11.5. The van der Waals surface area contributed by atoms with Gasteiger partial charge >= 0.3 is 11.9 Å². The van der Waals surface area contributed by atoms with Crippen molar-refractivity contribution in [3.8, 4) is 0 Å². The predicted octanol–water partition coefficient (Wildman–Crippen LogP) is 2.50. The monoisotopic (exact) mass is 248 g/mol. The van der Waals surface area contributed by atoms with Gasteiger partial charge in [0, 0.05) is 5.92 Å². The van der Waals surface area contributed by atoms with Crippen molar-refractivity contribution >= 4 is 11.9 Å². The molecule has 0 spiro atoms. The second kappa shape index (κ2) is 4.80. The van der Waals surface area contributed by atoms with Crippen LogP contribution < -0.4 is 0 Å². The first-order valence-corrected chi connectivity index (χ1v) is 6.11. The third-order valence-corrected chi connectivity index (χ3v) is 3.87. The van der Waals surface area contributed by atoms with Gasteiger partial charge in [0.25, 0.3) is 0 Å². The van der Waals surface area contributed by atoms with Crippen LogP contribution in [-0.4, -0.2) is 22.2 Å². The Morgan fingerprint density at radius 2 is 1.67 bits per heavy atom. The summed E-state index contributed by atoms with van der Waals surface area (Å²) in [6.45, 7) is 0. The van der Waals surface area contributed by atoms with Crippen LogP contribution >= 0.6 is 0 Å². The quantitative estimate of drug-likeness (QED) is 0.806. The SMILES string of the molecule is O=C(O)C1(C(=O)O)CCCCC1c1ccccc1. The van der Waals surface area contributed by atoms with E-state index in [-0.39, 0.29) is 6.42 Å². The average molecular weight is 248 g/mol. The minimum Gasteiger partial charge on any atom is -0.480 e. The molecule has 0 heterocycles. The summed E-state index contributed by atoms with van der Waals surface area (Å²) in [4.78, 5) is 23.0. The molecular weight excluding hydrogens is 232 g/mol. The van der Waals surface area contributed by atoms with Crippen molar-refractivity contribution < 1.29 is 19.8 Å². The normalized spacial score (nSPS) is 22.3. The van der Waals surface area contributed by atoms with Gasteiger partial charge in [-0.15, -0.1) is 0 Å². The van der Waals surface area contributed by atoms with Crippen molar-refractivity contribution in [3.05, 3.63) is 35.9 Å². The lowest BCUT2D eigenvalue weighted by Crippen LogP contribution is -2.46. The molecule has 18 heavy (non-hydrogen) atoms. The van der Waals surface area contributed by atoms with Gasteiger partial charge in [-0.1, -0.05) is 43.2 Å². The zero-order valence-electron chi connectivity index (χ0n) is 10.0. The smallest absolute Gasteiger partial charge is 0.321 e. The Labute approximate surface area is 105 Å². The summed E-state index contributed by atoms with van der Waals surface area (Å²) < 4.78 is 0. The number of carboxylic acids is 2. The van der Waals surface area contributed by atoms with Crippen molar-refractivity contribution in [2.24, 2.45) is 5.41 Å². The summed E-state index contributed by atoms with van der Waals surface area (Å²) in [5.74, 6) is -2.88. The molecule has 1 fully saturated rings. The van der Waals surface area contributed by atoms with E-state index >= 15 is 0 Å². The molecule has 1 saturated carbocycles. The van der Waals surface area contributed by atoms with E-state index in [4.69, 9.17) is 0 Å². The van der Waals surface area contributed by atoms with Crippen LogP contribution in [0.4, 0.5) is 0 Å². The first-order valence-electron chi connectivity index (χ1n) is 6.11. The van der Waals surface area contributed by atoms with Crippen LogP contribution in [0, 0.1) is 5.41 Å². The molecule has 0 saturated heterocycles. The van der Waals surface area contributed by atoms with Gasteiger partial charge < -0.3 is 10.2 Å². The van der Waals surface area contributed by atoms with Gasteiger partial charge in [0.15, 0.2) is 5.41 Å². The van der Waals surface area contributed by atoms with Gasteiger partial charge in [-0.05, 0) is 18.4 Å². The molecule has 0 amide bonds. The highest BCUT2D eigenvalue weighted by Crippen LogP contribution is 2.47. The Morgan fingerprint density at radius 1 is 1.06 bits per heavy atom. The van der Waals surface area contributed by atoms with E-state index in [1.807, 2.05) is 30.3 Å². The third-order valence-electron chi connectivity index (χ3n) is 3.87. The molecule has 0 bridgehead atoms. The van der Waals surface area contributed by atoms with Gasteiger partial charge in [0.05, 0.1) is 0 Å². The molecule has 1 atom stereocenters. The predicted molar refractivity (Wildman–Crippen MR) is 65.4 cm³/mol. The van der Waals surface area contributed by atoms with E-state index in [0.29, 0.717) is 12.8 Å². The van der Waals surface area contributed by atoms with Gasteiger partial charge in [-0.25, -0.2) is 0 Å². The molecule has 1 aromatic carbocycles. The largest absolute Gasteiger partial charge is 0.480 e. The lowest BCUT2D eigenvalue weighted by atomic mass is 9.63. The number of rotatable bonds is 3. The highest BCUT2D eigenvalue weighted by atomic mass is 16.4. The third kappa shape index (κ3) is 1.88. The minimum atomic E-state index is -1.67. The lowest BCUT2D eigenvalue weighted by molar-refractivity contribution is -0.169. The summed E-state index contributed by atoms with van der Waals surface area (Å²) in [6, 6.07) is 9.11. The second-order valence-electron chi connectivity index (χ2n) is 4.79. The topological polar surface area (TPSA) is 74.6 Å². The van der Waals surface area contributed by atoms with Crippen molar-refractivity contribution in [1.82, 2.24) is 0 Å². The van der Waals surface area contributed by atoms with Crippen LogP contribution in [0.25, 0.3) is 0 Å². The number of hydrogen-bond acceptors (Lipinski definition) is 2. The van der Waals surface area contributed by atoms with Crippen LogP contribution in [0.2, 0.25) is 0 Å². The molecule has 96 valence electrons. The molecule has 1 aliphatic rings. The molecule has 1 aromatic rings. The molecule has 1 aliphatic carbocycles. The molecule has 2 N–H and O–H groups in total. The molecular formula is C14H16O4. The number of aliphatic carboxylic acids is 2. The maximum Gasteiger partial charge on any atom is 0.321 e. The summed E-state index contributed by atoms with van der Waals surface area (Å²) in [5.41, 5.74) is -0.860. The summed E-state index contributed by atoms with van der Waals surface area (Å²) >= 11 is 0. The van der Waals surface area contributed by atoms with Gasteiger partial charge in [0.2, 0.25) is 0 Å². The molecule has 0 radical (unpaired) electrons. The number of carbonyl (C=O) groups is 2. The fourth-order valence-electron chi connectivity index (χ4n) is 2.91. The van der Waals surface area contributed by atoms with Crippen molar-refractivity contribution in [2.75, 3.05) is 0 Å². The number of hydrogen-bond donors (Lipinski definition) is 2. The fraction of sp³-hybridized carbons (Fsp3) is 0.429. The molecule has 4 heteroatoms. The van der Waals surface area contributed by atoms with Crippen LogP contribution in [-0.2, 0) is 9.59 Å². The van der Waals surface area contributed by atoms with Crippen molar-refractivity contribution in [3.63, 3.8) is 0 Å². The Morgan fingerprint density at radius 3 is 2.22 bits per heavy atom. The lowest BCUT2D eigenvalue weighted by Gasteiger charge is -2.37. The number of benzene rings is 1. The van der Waals surface area contributed by atoms with Gasteiger partial charge in [0.1, 0.15) is 0 Å². The highest BCUT2D eigenvalue weighted by molar-refractivity contribution is 5.99. The maximum absolute atomic E-state index is 11.5. The number of carboxylic acid groups (broad SMARTS) is 2. The Kier molecular flexibility index (Phi) is 3.36. The van der Waals surface area contributed by atoms with Crippen LogP contribution in [0.15, 0.2) is 30.3 Å². The van der Waals surface area contributed by atoms with Crippen LogP contribution in [0.1, 0.15) is 37.2 Å². The standard InChI is InChI=1S/C14H16O4/c15-12(16)14(13(17)18)9-5-4-8-11(14)10-6-2-1-3-7-10/h1-3,6-7,11H,4-5,8-9H2,(H,15,16)(H,17,18). The van der Waals surface area contributed by atoms with E-state index in [1.165, 1.54) is 0 Å². The molecule has 4 nitrogen and oxygen atoms in total. The second-order valence-corrected chi connectivity index (χ2v) is 4.79. The molecule has 2 rings (SSSR count). The zero-order valence-corrected chi connectivity index (χ0v) is 10.0. The fourth-order valence-corrected chi connectivity index (χ4v) is 2.91. The van der Waals surface area contributed by atoms with Crippen LogP contribution in [0.5, 0.6) is 0 Å². The van der Waals surface area contributed by atoms with Crippen molar-refractivity contribution in [1.29, 1.82) is 0 Å². The first kappa shape index (κ1) is 12.6. The van der Waals surface area contributed by atoms with Gasteiger partial charge in [-0.3, -0.25) is 9.59 Å². The van der Waals surface area contributed by atoms with E-state index in [9.17, 15) is 19.8 Å². The molecule has 1 unspecified atom stereocenters. The van der Waals surface area contributed by atoms with Crippen LogP contribution in [0.3, 0.4) is 0 Å². The summed E-state index contributed by atoms with van der Waals surface area (Å²) in [5, 5.41) is 18.8. The Bertz CT molecular complexity index is 438.